The number of nitrogens with zero attached hydrogens (tertiary/aromatic N) is 1. The summed E-state index contributed by atoms with van der Waals surface area (Å²) < 4.78 is 0. The van der Waals surface area contributed by atoms with E-state index in [0.29, 0.717) is 12.1 Å². The molecule has 1 N–H and O–H groups in total. The molecule has 0 aliphatic rings. The fraction of sp³-hybridized carbons (Fsp3) is 0.200. The molecule has 1 amide bonds. The Labute approximate surface area is 107 Å². The lowest BCUT2D eigenvalue weighted by atomic mass is 10.1. The highest BCUT2D eigenvalue weighted by Gasteiger charge is 2.03. The third kappa shape index (κ3) is 3.42. The molecule has 0 atom stereocenters. The van der Waals surface area contributed by atoms with E-state index < -0.39 is 0 Å². The molecule has 92 valence electrons. The lowest BCUT2D eigenvalue weighted by Gasteiger charge is -2.05. The molecule has 0 aliphatic heterocycles. The summed E-state index contributed by atoms with van der Waals surface area (Å²) in [5, 5.41) is 2.91. The van der Waals surface area contributed by atoms with Crippen LogP contribution in [0.2, 0.25) is 0 Å². The molecule has 0 unspecified atom stereocenters. The van der Waals surface area contributed by atoms with Gasteiger partial charge in [-0.2, -0.15) is 0 Å². The van der Waals surface area contributed by atoms with Gasteiger partial charge in [-0.1, -0.05) is 18.2 Å². The number of aryl methyl sites for hydroxylation is 1. The van der Waals surface area contributed by atoms with Crippen molar-refractivity contribution in [1.82, 2.24) is 10.3 Å². The first kappa shape index (κ1) is 12.3. The number of pyridine rings is 1. The Morgan fingerprint density at radius 1 is 1.22 bits per heavy atom. The molecule has 3 nitrogen and oxygen atoms in total. The first-order valence-electron chi connectivity index (χ1n) is 6.00. The predicted molar refractivity (Wildman–Crippen MR) is 71.5 cm³/mol. The Bertz CT molecular complexity index is 523. The highest BCUT2D eigenvalue weighted by atomic mass is 16.1. The molecule has 1 heterocycles. The highest BCUT2D eigenvalue weighted by Crippen LogP contribution is 2.02. The van der Waals surface area contributed by atoms with E-state index >= 15 is 0 Å². The Morgan fingerprint density at radius 2 is 2.00 bits per heavy atom. The second-order valence-corrected chi connectivity index (χ2v) is 4.18. The zero-order valence-electron chi connectivity index (χ0n) is 10.4. The zero-order chi connectivity index (χ0) is 12.8. The van der Waals surface area contributed by atoms with E-state index in [1.807, 2.05) is 49.4 Å². The number of carbonyl (C=O) groups excluding carboxylic acids is 1. The van der Waals surface area contributed by atoms with Crippen LogP contribution in [0.15, 0.2) is 48.7 Å². The largest absolute Gasteiger partial charge is 0.352 e. The quantitative estimate of drug-likeness (QED) is 0.891. The summed E-state index contributed by atoms with van der Waals surface area (Å²) in [5.74, 6) is -0.0265. The van der Waals surface area contributed by atoms with Crippen molar-refractivity contribution in [3.8, 4) is 0 Å². The molecule has 0 aliphatic carbocycles. The molecule has 18 heavy (non-hydrogen) atoms. The number of rotatable bonds is 4. The fourth-order valence-corrected chi connectivity index (χ4v) is 1.77. The number of carbonyl (C=O) groups is 1. The molecule has 0 radical (unpaired) electrons. The molecule has 0 bridgehead atoms. The maximum absolute atomic E-state index is 11.8. The van der Waals surface area contributed by atoms with Gasteiger partial charge in [0.1, 0.15) is 0 Å². The van der Waals surface area contributed by atoms with Crippen LogP contribution in [0.25, 0.3) is 0 Å². The number of aromatic nitrogens is 1. The second kappa shape index (κ2) is 5.96. The summed E-state index contributed by atoms with van der Waals surface area (Å²) in [4.78, 5) is 15.9. The Morgan fingerprint density at radius 3 is 2.72 bits per heavy atom. The van der Waals surface area contributed by atoms with Gasteiger partial charge in [-0.3, -0.25) is 9.78 Å². The fourth-order valence-electron chi connectivity index (χ4n) is 1.77. The molecule has 0 saturated heterocycles. The van der Waals surface area contributed by atoms with Gasteiger partial charge in [-0.25, -0.2) is 0 Å². The smallest absolute Gasteiger partial charge is 0.251 e. The first-order chi connectivity index (χ1) is 8.75. The Balaban J connectivity index is 1.84. The minimum atomic E-state index is -0.0265. The Kier molecular flexibility index (Phi) is 4.07. The van der Waals surface area contributed by atoms with Gasteiger partial charge in [-0.15, -0.1) is 0 Å². The van der Waals surface area contributed by atoms with Crippen molar-refractivity contribution in [3.05, 3.63) is 65.5 Å². The lowest BCUT2D eigenvalue weighted by molar-refractivity contribution is 0.0954. The third-order valence-electron chi connectivity index (χ3n) is 2.70. The SMILES string of the molecule is Cc1cc(CCNC(=O)c2ccccc2)ccn1. The summed E-state index contributed by atoms with van der Waals surface area (Å²) >= 11 is 0. The molecule has 0 saturated carbocycles. The number of benzene rings is 1. The molecule has 2 rings (SSSR count). The van der Waals surface area contributed by atoms with Gasteiger partial charge in [-0.05, 0) is 43.2 Å². The number of hydrogen-bond donors (Lipinski definition) is 1. The highest BCUT2D eigenvalue weighted by molar-refractivity contribution is 5.94. The molecule has 1 aromatic heterocycles. The first-order valence-corrected chi connectivity index (χ1v) is 6.00. The predicted octanol–water partition coefficient (Wildman–Crippen LogP) is 2.36. The maximum Gasteiger partial charge on any atom is 0.251 e. The molecular formula is C15H16N2O. The van der Waals surface area contributed by atoms with Crippen molar-refractivity contribution in [2.45, 2.75) is 13.3 Å². The van der Waals surface area contributed by atoms with Crippen LogP contribution in [-0.2, 0) is 6.42 Å². The standard InChI is InChI=1S/C15H16N2O/c1-12-11-13(7-9-16-12)8-10-17-15(18)14-5-3-2-4-6-14/h2-7,9,11H,8,10H2,1H3,(H,17,18). The second-order valence-electron chi connectivity index (χ2n) is 4.18. The van der Waals surface area contributed by atoms with Crippen molar-refractivity contribution < 1.29 is 4.79 Å². The summed E-state index contributed by atoms with van der Waals surface area (Å²) in [6.45, 7) is 2.60. The number of amides is 1. The van der Waals surface area contributed by atoms with Crippen LogP contribution in [0.5, 0.6) is 0 Å². The minimum absolute atomic E-state index is 0.0265. The Hall–Kier alpha value is -2.16. The van der Waals surface area contributed by atoms with Crippen LogP contribution < -0.4 is 5.32 Å². The topological polar surface area (TPSA) is 42.0 Å². The van der Waals surface area contributed by atoms with Gasteiger partial charge in [0.25, 0.3) is 5.91 Å². The lowest BCUT2D eigenvalue weighted by Crippen LogP contribution is -2.25. The average molecular weight is 240 g/mol. The summed E-state index contributed by atoms with van der Waals surface area (Å²) in [7, 11) is 0. The van der Waals surface area contributed by atoms with Crippen LogP contribution in [0, 0.1) is 6.92 Å². The molecule has 0 spiro atoms. The van der Waals surface area contributed by atoms with Crippen molar-refractivity contribution in [3.63, 3.8) is 0 Å². The summed E-state index contributed by atoms with van der Waals surface area (Å²) in [6.07, 6.45) is 2.62. The molecular weight excluding hydrogens is 224 g/mol. The molecule has 0 fully saturated rings. The van der Waals surface area contributed by atoms with Gasteiger partial charge in [0.05, 0.1) is 0 Å². The average Bonchev–Trinajstić information content (AvgIpc) is 2.40. The van der Waals surface area contributed by atoms with E-state index in [1.165, 1.54) is 5.56 Å². The van der Waals surface area contributed by atoms with E-state index in [9.17, 15) is 4.79 Å². The summed E-state index contributed by atoms with van der Waals surface area (Å²) in [6, 6.07) is 13.3. The molecule has 3 heteroatoms. The van der Waals surface area contributed by atoms with E-state index in [4.69, 9.17) is 0 Å². The van der Waals surface area contributed by atoms with Crippen molar-refractivity contribution in [2.75, 3.05) is 6.54 Å². The van der Waals surface area contributed by atoms with Gasteiger partial charge in [0.15, 0.2) is 0 Å². The zero-order valence-corrected chi connectivity index (χ0v) is 10.4. The summed E-state index contributed by atoms with van der Waals surface area (Å²) in [5.41, 5.74) is 2.89. The van der Waals surface area contributed by atoms with Crippen LogP contribution in [-0.4, -0.2) is 17.4 Å². The van der Waals surface area contributed by atoms with Crippen LogP contribution in [0.1, 0.15) is 21.6 Å². The van der Waals surface area contributed by atoms with E-state index in [2.05, 4.69) is 10.3 Å². The third-order valence-corrected chi connectivity index (χ3v) is 2.70. The van der Waals surface area contributed by atoms with Crippen molar-refractivity contribution in [1.29, 1.82) is 0 Å². The van der Waals surface area contributed by atoms with Crippen LogP contribution >= 0.6 is 0 Å². The van der Waals surface area contributed by atoms with E-state index in [-0.39, 0.29) is 5.91 Å². The maximum atomic E-state index is 11.8. The van der Waals surface area contributed by atoms with Crippen LogP contribution in [0.4, 0.5) is 0 Å². The van der Waals surface area contributed by atoms with Crippen molar-refractivity contribution in [2.24, 2.45) is 0 Å². The monoisotopic (exact) mass is 240 g/mol. The van der Waals surface area contributed by atoms with Crippen LogP contribution in [0.3, 0.4) is 0 Å². The van der Waals surface area contributed by atoms with Gasteiger partial charge >= 0.3 is 0 Å². The molecule has 1 aromatic carbocycles. The normalized spacial score (nSPS) is 10.1. The number of hydrogen-bond acceptors (Lipinski definition) is 2. The molecule has 2 aromatic rings. The van der Waals surface area contributed by atoms with E-state index in [0.717, 1.165) is 12.1 Å². The van der Waals surface area contributed by atoms with Gasteiger partial charge in [0, 0.05) is 24.0 Å². The van der Waals surface area contributed by atoms with Gasteiger partial charge < -0.3 is 5.32 Å². The number of nitrogens with one attached hydrogen (secondary N) is 1. The van der Waals surface area contributed by atoms with E-state index in [1.54, 1.807) is 6.20 Å². The minimum Gasteiger partial charge on any atom is -0.352 e. The van der Waals surface area contributed by atoms with Gasteiger partial charge in [0.2, 0.25) is 0 Å². The van der Waals surface area contributed by atoms with Crippen molar-refractivity contribution >= 4 is 5.91 Å².